The fourth-order valence-corrected chi connectivity index (χ4v) is 4.14. The highest BCUT2D eigenvalue weighted by atomic mass is 32.1. The molecule has 0 amide bonds. The Labute approximate surface area is 201 Å². The molecule has 1 aliphatic rings. The molecule has 13 heteroatoms. The Bertz CT molecular complexity index is 1370. The minimum absolute atomic E-state index is 0.183. The smallest absolute Gasteiger partial charge is 0.433 e. The summed E-state index contributed by atoms with van der Waals surface area (Å²) in [5, 5.41) is 8.80. The highest BCUT2D eigenvalue weighted by Crippen LogP contribution is 2.30. The number of rotatable bonds is 6. The van der Waals surface area contributed by atoms with E-state index in [1.807, 2.05) is 44.0 Å². The van der Waals surface area contributed by atoms with E-state index in [0.717, 1.165) is 17.8 Å². The predicted octanol–water partition coefficient (Wildman–Crippen LogP) is 5.11. The van der Waals surface area contributed by atoms with Gasteiger partial charge in [-0.15, -0.1) is 5.10 Å². The van der Waals surface area contributed by atoms with Gasteiger partial charge in [-0.3, -0.25) is 9.88 Å². The third kappa shape index (κ3) is 4.76. The highest BCUT2D eigenvalue weighted by Gasteiger charge is 2.32. The zero-order valence-corrected chi connectivity index (χ0v) is 19.7. The topological polar surface area (TPSA) is 94.5 Å². The molecular weight excluding hydrogens is 483 g/mol. The number of hydrogen-bond donors (Lipinski definition) is 0. The summed E-state index contributed by atoms with van der Waals surface area (Å²) >= 11 is 1.24. The SMILES string of the molecule is CC(C)c1noc(N2C=CC([C@@H](C)Oc3nn4cc(-c5ccc(C(F)(F)F)nc5)nc4s3)=CC2)n1. The molecule has 4 aromatic rings. The number of pyridine rings is 1. The van der Waals surface area contributed by atoms with Crippen molar-refractivity contribution in [3.63, 3.8) is 0 Å². The Morgan fingerprint density at radius 1 is 1.17 bits per heavy atom. The van der Waals surface area contributed by atoms with Gasteiger partial charge in [0.25, 0.3) is 5.19 Å². The van der Waals surface area contributed by atoms with Gasteiger partial charge in [0.15, 0.2) is 5.82 Å². The lowest BCUT2D eigenvalue weighted by molar-refractivity contribution is -0.141. The molecule has 5 heterocycles. The van der Waals surface area contributed by atoms with Gasteiger partial charge in [-0.25, -0.2) is 9.50 Å². The third-order valence-corrected chi connectivity index (χ3v) is 6.10. The van der Waals surface area contributed by atoms with Gasteiger partial charge in [-0.2, -0.15) is 18.2 Å². The maximum Gasteiger partial charge on any atom is 0.433 e. The molecule has 0 unspecified atom stereocenters. The van der Waals surface area contributed by atoms with E-state index in [1.165, 1.54) is 21.9 Å². The number of ether oxygens (including phenoxy) is 1. The molecule has 0 N–H and O–H groups in total. The largest absolute Gasteiger partial charge is 0.461 e. The minimum Gasteiger partial charge on any atom is -0.461 e. The molecular formula is C22H20F3N7O2S. The molecule has 0 aromatic carbocycles. The zero-order chi connectivity index (χ0) is 24.7. The summed E-state index contributed by atoms with van der Waals surface area (Å²) in [6.07, 6.45) is 3.82. The van der Waals surface area contributed by atoms with Crippen LogP contribution in [0, 0.1) is 0 Å². The molecule has 4 aromatic heterocycles. The number of halogens is 3. The maximum atomic E-state index is 12.7. The lowest BCUT2D eigenvalue weighted by Gasteiger charge is -2.21. The Morgan fingerprint density at radius 3 is 2.60 bits per heavy atom. The second-order valence-electron chi connectivity index (χ2n) is 8.17. The summed E-state index contributed by atoms with van der Waals surface area (Å²) in [5.41, 5.74) is 0.963. The second-order valence-corrected chi connectivity index (χ2v) is 9.09. The number of imidazole rings is 1. The van der Waals surface area contributed by atoms with Crippen LogP contribution in [0.25, 0.3) is 16.2 Å². The van der Waals surface area contributed by atoms with Crippen LogP contribution >= 0.6 is 11.3 Å². The molecule has 0 spiro atoms. The van der Waals surface area contributed by atoms with Crippen molar-refractivity contribution in [3.8, 4) is 16.5 Å². The first-order chi connectivity index (χ1) is 16.7. The summed E-state index contributed by atoms with van der Waals surface area (Å²) in [4.78, 5) is 14.7. The molecule has 0 aliphatic carbocycles. The van der Waals surface area contributed by atoms with E-state index in [4.69, 9.17) is 9.26 Å². The molecule has 9 nitrogen and oxygen atoms in total. The van der Waals surface area contributed by atoms with Crippen molar-refractivity contribution < 1.29 is 22.4 Å². The van der Waals surface area contributed by atoms with Gasteiger partial charge < -0.3 is 9.26 Å². The maximum absolute atomic E-state index is 12.7. The van der Waals surface area contributed by atoms with E-state index < -0.39 is 11.9 Å². The summed E-state index contributed by atoms with van der Waals surface area (Å²) in [5.74, 6) is 0.842. The average Bonchev–Trinajstić information content (AvgIpc) is 3.54. The predicted molar refractivity (Wildman–Crippen MR) is 122 cm³/mol. The lowest BCUT2D eigenvalue weighted by atomic mass is 10.1. The van der Waals surface area contributed by atoms with Crippen molar-refractivity contribution in [2.24, 2.45) is 0 Å². The van der Waals surface area contributed by atoms with Crippen LogP contribution < -0.4 is 9.64 Å². The highest BCUT2D eigenvalue weighted by molar-refractivity contribution is 7.18. The molecule has 0 saturated carbocycles. The van der Waals surface area contributed by atoms with Gasteiger partial charge in [-0.05, 0) is 42.0 Å². The van der Waals surface area contributed by atoms with Crippen LogP contribution in [0.15, 0.2) is 53.0 Å². The van der Waals surface area contributed by atoms with Crippen LogP contribution in [0.3, 0.4) is 0 Å². The van der Waals surface area contributed by atoms with E-state index in [2.05, 4.69) is 25.2 Å². The molecule has 5 rings (SSSR count). The lowest BCUT2D eigenvalue weighted by Crippen LogP contribution is -2.23. The van der Waals surface area contributed by atoms with Crippen LogP contribution in [0.1, 0.15) is 38.2 Å². The standard InChI is InChI=1S/C22H20F3N7O2S/c1-12(2)18-28-19(34-30-18)31-8-6-14(7-9-31)13(3)33-21-29-32-11-16(27-20(32)35-21)15-4-5-17(26-10-15)22(23,24)25/h4-8,10-13H,9H2,1-3H3/t13-/m1/s1. The fraction of sp³-hybridized carbons (Fsp3) is 0.318. The molecule has 0 bridgehead atoms. The fourth-order valence-electron chi connectivity index (χ4n) is 3.33. The van der Waals surface area contributed by atoms with Gasteiger partial charge in [0.1, 0.15) is 11.8 Å². The van der Waals surface area contributed by atoms with Crippen LogP contribution in [0.4, 0.5) is 19.2 Å². The normalized spacial score (nSPS) is 15.2. The van der Waals surface area contributed by atoms with E-state index in [9.17, 15) is 13.2 Å². The van der Waals surface area contributed by atoms with Gasteiger partial charge in [-0.1, -0.05) is 25.1 Å². The Kier molecular flexibility index (Phi) is 5.79. The minimum atomic E-state index is -4.48. The Hall–Kier alpha value is -3.74. The number of fused-ring (bicyclic) bond motifs is 1. The Balaban J connectivity index is 1.23. The monoisotopic (exact) mass is 503 g/mol. The first kappa shape index (κ1) is 23.0. The van der Waals surface area contributed by atoms with Crippen LogP contribution in [-0.2, 0) is 6.18 Å². The van der Waals surface area contributed by atoms with Crippen LogP contribution in [0.5, 0.6) is 5.19 Å². The summed E-state index contributed by atoms with van der Waals surface area (Å²) in [7, 11) is 0. The first-order valence-electron chi connectivity index (χ1n) is 10.7. The van der Waals surface area contributed by atoms with Gasteiger partial charge in [0.2, 0.25) is 4.96 Å². The van der Waals surface area contributed by atoms with Crippen LogP contribution in [0.2, 0.25) is 0 Å². The van der Waals surface area contributed by atoms with E-state index in [1.54, 1.807) is 6.20 Å². The molecule has 182 valence electrons. The second kappa shape index (κ2) is 8.80. The van der Waals surface area contributed by atoms with Crippen molar-refractivity contribution in [1.82, 2.24) is 29.7 Å². The number of aromatic nitrogens is 6. The molecule has 1 aliphatic heterocycles. The quantitative estimate of drug-likeness (QED) is 0.359. The number of nitrogens with zero attached hydrogens (tertiary/aromatic N) is 7. The Morgan fingerprint density at radius 2 is 2.00 bits per heavy atom. The number of anilines is 1. The third-order valence-electron chi connectivity index (χ3n) is 5.29. The summed E-state index contributed by atoms with van der Waals surface area (Å²) < 4.78 is 51.0. The van der Waals surface area contributed by atoms with Crippen molar-refractivity contribution in [3.05, 3.63) is 60.0 Å². The zero-order valence-electron chi connectivity index (χ0n) is 18.9. The van der Waals surface area contributed by atoms with Gasteiger partial charge in [0, 0.05) is 30.4 Å². The van der Waals surface area contributed by atoms with Crippen molar-refractivity contribution >= 4 is 22.3 Å². The molecule has 0 radical (unpaired) electrons. The molecule has 35 heavy (non-hydrogen) atoms. The van der Waals surface area contributed by atoms with E-state index >= 15 is 0 Å². The first-order valence-corrected chi connectivity index (χ1v) is 11.5. The van der Waals surface area contributed by atoms with Crippen molar-refractivity contribution in [2.75, 3.05) is 11.4 Å². The van der Waals surface area contributed by atoms with Crippen molar-refractivity contribution in [2.45, 2.75) is 39.0 Å². The number of alkyl halides is 3. The van der Waals surface area contributed by atoms with E-state index in [-0.39, 0.29) is 12.0 Å². The molecule has 1 atom stereocenters. The van der Waals surface area contributed by atoms with Crippen LogP contribution in [-0.4, -0.2) is 42.4 Å². The van der Waals surface area contributed by atoms with Gasteiger partial charge >= 0.3 is 12.2 Å². The van der Waals surface area contributed by atoms with E-state index in [0.29, 0.717) is 39.8 Å². The average molecular weight is 504 g/mol. The van der Waals surface area contributed by atoms with Crippen molar-refractivity contribution in [1.29, 1.82) is 0 Å². The van der Waals surface area contributed by atoms with Gasteiger partial charge in [0.05, 0.1) is 11.9 Å². The summed E-state index contributed by atoms with van der Waals surface area (Å²) in [6.45, 7) is 6.48. The molecule has 0 saturated heterocycles. The summed E-state index contributed by atoms with van der Waals surface area (Å²) in [6, 6.07) is 2.71. The molecule has 0 fully saturated rings. The number of hydrogen-bond acceptors (Lipinski definition) is 9.